The Hall–Kier alpha value is -0.230. The number of aliphatic hydroxyl groups excluding tert-OH is 1. The fraction of sp³-hybridized carbons (Fsp3) is 1.00. The van der Waals surface area contributed by atoms with Crippen LogP contribution in [0.5, 0.6) is 0 Å². The Morgan fingerprint density at radius 3 is 1.89 bits per heavy atom. The molecule has 9 heavy (non-hydrogen) atoms. The van der Waals surface area contributed by atoms with Crippen LogP contribution in [-0.2, 0) is 9.84 Å². The summed E-state index contributed by atoms with van der Waals surface area (Å²) in [6, 6.07) is 0. The zero-order valence-electron chi connectivity index (χ0n) is 4.63. The van der Waals surface area contributed by atoms with Crippen LogP contribution in [0.2, 0.25) is 0 Å². The second-order valence-corrected chi connectivity index (χ2v) is 3.71. The third-order valence-corrected chi connectivity index (χ3v) is 1.94. The van der Waals surface area contributed by atoms with E-state index < -0.39 is 21.7 Å². The molecule has 3 nitrogen and oxygen atoms in total. The quantitative estimate of drug-likeness (QED) is 0.598. The predicted molar refractivity (Wildman–Crippen MR) is 26.9 cm³/mol. The SMILES string of the molecule is CS(=O)(=O)C(F)(F)CO. The van der Waals surface area contributed by atoms with E-state index in [0.29, 0.717) is 6.26 Å². The van der Waals surface area contributed by atoms with Gasteiger partial charge >= 0.3 is 5.25 Å². The van der Waals surface area contributed by atoms with Crippen molar-refractivity contribution in [3.05, 3.63) is 0 Å². The molecule has 0 bridgehead atoms. The lowest BCUT2D eigenvalue weighted by Crippen LogP contribution is -2.31. The molecule has 0 heterocycles. The van der Waals surface area contributed by atoms with Gasteiger partial charge in [0.15, 0.2) is 0 Å². The Bertz CT molecular complexity index is 183. The molecule has 0 rings (SSSR count). The van der Waals surface area contributed by atoms with Crippen LogP contribution in [0.3, 0.4) is 0 Å². The molecular weight excluding hydrogens is 154 g/mol. The Kier molecular flexibility index (Phi) is 2.13. The minimum Gasteiger partial charge on any atom is -0.389 e. The number of halogens is 2. The second-order valence-electron chi connectivity index (χ2n) is 1.57. The van der Waals surface area contributed by atoms with Crippen LogP contribution in [0.1, 0.15) is 0 Å². The zero-order valence-corrected chi connectivity index (χ0v) is 5.45. The molecule has 0 aromatic rings. The topological polar surface area (TPSA) is 54.4 Å². The number of aliphatic hydroxyl groups is 1. The van der Waals surface area contributed by atoms with Crippen molar-refractivity contribution in [1.29, 1.82) is 0 Å². The standard InChI is InChI=1S/C3H6F2O3S/c1-9(7,8)3(4,5)2-6/h6H,2H2,1H3. The number of hydrogen-bond acceptors (Lipinski definition) is 3. The van der Waals surface area contributed by atoms with Gasteiger partial charge in [-0.05, 0) is 0 Å². The molecule has 0 amide bonds. The highest BCUT2D eigenvalue weighted by molar-refractivity contribution is 7.91. The molecule has 1 N–H and O–H groups in total. The average molecular weight is 160 g/mol. The highest BCUT2D eigenvalue weighted by Gasteiger charge is 2.40. The number of alkyl halides is 2. The van der Waals surface area contributed by atoms with Gasteiger partial charge in [-0.1, -0.05) is 0 Å². The van der Waals surface area contributed by atoms with Crippen molar-refractivity contribution in [3.63, 3.8) is 0 Å². The molecule has 0 aliphatic heterocycles. The largest absolute Gasteiger partial charge is 0.389 e. The molecule has 0 unspecified atom stereocenters. The van der Waals surface area contributed by atoms with E-state index in [1.54, 1.807) is 0 Å². The van der Waals surface area contributed by atoms with Gasteiger partial charge in [0.05, 0.1) is 0 Å². The van der Waals surface area contributed by atoms with Crippen LogP contribution in [0.25, 0.3) is 0 Å². The van der Waals surface area contributed by atoms with Crippen LogP contribution >= 0.6 is 0 Å². The van der Waals surface area contributed by atoms with E-state index in [9.17, 15) is 17.2 Å². The highest BCUT2D eigenvalue weighted by Crippen LogP contribution is 2.18. The van der Waals surface area contributed by atoms with Crippen molar-refractivity contribution in [1.82, 2.24) is 0 Å². The summed E-state index contributed by atoms with van der Waals surface area (Å²) >= 11 is 0. The minimum atomic E-state index is -4.44. The molecule has 6 heteroatoms. The van der Waals surface area contributed by atoms with Gasteiger partial charge in [0.1, 0.15) is 6.61 Å². The Morgan fingerprint density at radius 2 is 1.89 bits per heavy atom. The summed E-state index contributed by atoms with van der Waals surface area (Å²) in [7, 11) is -4.44. The van der Waals surface area contributed by atoms with Crippen LogP contribution in [-0.4, -0.2) is 31.6 Å². The maximum absolute atomic E-state index is 11.8. The van der Waals surface area contributed by atoms with Gasteiger partial charge in [0.2, 0.25) is 9.84 Å². The summed E-state index contributed by atoms with van der Waals surface area (Å²) in [5.74, 6) is 0. The van der Waals surface area contributed by atoms with Gasteiger partial charge in [-0.3, -0.25) is 0 Å². The van der Waals surface area contributed by atoms with E-state index in [0.717, 1.165) is 0 Å². The van der Waals surface area contributed by atoms with E-state index in [2.05, 4.69) is 0 Å². The fourth-order valence-electron chi connectivity index (χ4n) is 0.117. The summed E-state index contributed by atoms with van der Waals surface area (Å²) < 4.78 is 43.6. The highest BCUT2D eigenvalue weighted by atomic mass is 32.2. The first kappa shape index (κ1) is 8.77. The van der Waals surface area contributed by atoms with E-state index in [1.807, 2.05) is 0 Å². The first-order valence-corrected chi connectivity index (χ1v) is 3.88. The summed E-state index contributed by atoms with van der Waals surface area (Å²) in [6.45, 7) is -1.66. The van der Waals surface area contributed by atoms with E-state index in [1.165, 1.54) is 0 Å². The minimum absolute atomic E-state index is 0.364. The molecule has 0 aromatic heterocycles. The van der Waals surface area contributed by atoms with Gasteiger partial charge in [-0.15, -0.1) is 0 Å². The Balaban J connectivity index is 4.56. The van der Waals surface area contributed by atoms with E-state index in [4.69, 9.17) is 5.11 Å². The first-order valence-electron chi connectivity index (χ1n) is 1.99. The smallest absolute Gasteiger partial charge is 0.367 e. The summed E-state index contributed by atoms with van der Waals surface area (Å²) in [5, 5.41) is 3.81. The summed E-state index contributed by atoms with van der Waals surface area (Å²) in [5.41, 5.74) is 0. The van der Waals surface area contributed by atoms with Gasteiger partial charge in [-0.25, -0.2) is 8.42 Å². The number of hydrogen-bond donors (Lipinski definition) is 1. The van der Waals surface area contributed by atoms with Gasteiger partial charge in [0, 0.05) is 6.26 Å². The fourth-order valence-corrected chi connectivity index (χ4v) is 0.352. The molecule has 0 radical (unpaired) electrons. The van der Waals surface area contributed by atoms with E-state index >= 15 is 0 Å². The van der Waals surface area contributed by atoms with Gasteiger partial charge in [-0.2, -0.15) is 8.78 Å². The van der Waals surface area contributed by atoms with E-state index in [-0.39, 0.29) is 0 Å². The molecule has 0 fully saturated rings. The summed E-state index contributed by atoms with van der Waals surface area (Å²) in [6.07, 6.45) is 0.364. The molecule has 0 aliphatic rings. The third kappa shape index (κ3) is 1.87. The average Bonchev–Trinajstić information content (AvgIpc) is 1.64. The zero-order chi connectivity index (χ0) is 7.71. The number of sulfone groups is 1. The predicted octanol–water partition coefficient (Wildman–Crippen LogP) is -0.384. The molecular formula is C3H6F2O3S. The van der Waals surface area contributed by atoms with Crippen molar-refractivity contribution in [2.45, 2.75) is 5.25 Å². The summed E-state index contributed by atoms with van der Waals surface area (Å²) in [4.78, 5) is 0. The maximum Gasteiger partial charge on any atom is 0.367 e. The van der Waals surface area contributed by atoms with Gasteiger partial charge < -0.3 is 5.11 Å². The molecule has 0 aliphatic carbocycles. The van der Waals surface area contributed by atoms with Crippen LogP contribution < -0.4 is 0 Å². The van der Waals surface area contributed by atoms with Crippen LogP contribution in [0.4, 0.5) is 8.78 Å². The van der Waals surface area contributed by atoms with Crippen molar-refractivity contribution >= 4 is 9.84 Å². The number of rotatable bonds is 2. The lowest BCUT2D eigenvalue weighted by molar-refractivity contribution is 0.0269. The maximum atomic E-state index is 11.8. The van der Waals surface area contributed by atoms with Crippen molar-refractivity contribution in [2.24, 2.45) is 0 Å². The third-order valence-electron chi connectivity index (χ3n) is 0.727. The molecule has 0 saturated heterocycles. The van der Waals surface area contributed by atoms with Crippen molar-refractivity contribution < 1.29 is 22.3 Å². The van der Waals surface area contributed by atoms with Crippen LogP contribution in [0, 0.1) is 0 Å². The molecule has 0 saturated carbocycles. The van der Waals surface area contributed by atoms with Crippen molar-refractivity contribution in [3.8, 4) is 0 Å². The molecule has 0 spiro atoms. The second kappa shape index (κ2) is 2.18. The van der Waals surface area contributed by atoms with Gasteiger partial charge in [0.25, 0.3) is 0 Å². The van der Waals surface area contributed by atoms with Crippen LogP contribution in [0.15, 0.2) is 0 Å². The lowest BCUT2D eigenvalue weighted by atomic mass is 10.8. The van der Waals surface area contributed by atoms with Crippen molar-refractivity contribution in [2.75, 3.05) is 12.9 Å². The molecule has 0 aromatic carbocycles. The first-order chi connectivity index (χ1) is 3.81. The molecule has 0 atom stereocenters. The molecule has 56 valence electrons. The Labute approximate surface area is 51.2 Å². The monoisotopic (exact) mass is 160 g/mol. The lowest BCUT2D eigenvalue weighted by Gasteiger charge is -2.08. The normalized spacial score (nSPS) is 13.8. The Morgan fingerprint density at radius 1 is 1.56 bits per heavy atom.